The molecule has 1 atom stereocenters. The molecule has 0 aromatic carbocycles. The molecule has 3 nitrogen and oxygen atoms in total. The molecule has 0 radical (unpaired) electrons. The molecule has 2 rings (SSSR count). The quantitative estimate of drug-likeness (QED) is 0.697. The van der Waals surface area contributed by atoms with Crippen LogP contribution in [0.4, 0.5) is 0 Å². The van der Waals surface area contributed by atoms with E-state index in [9.17, 15) is 0 Å². The van der Waals surface area contributed by atoms with Gasteiger partial charge >= 0.3 is 0 Å². The molecule has 1 saturated heterocycles. The third-order valence-electron chi connectivity index (χ3n) is 3.60. The summed E-state index contributed by atoms with van der Waals surface area (Å²) in [6.07, 6.45) is 5.56. The lowest BCUT2D eigenvalue weighted by molar-refractivity contribution is 0.189. The molecule has 2 fully saturated rings. The zero-order chi connectivity index (χ0) is 9.97. The van der Waals surface area contributed by atoms with E-state index in [2.05, 4.69) is 16.8 Å². The molecule has 0 amide bonds. The van der Waals surface area contributed by atoms with Gasteiger partial charge in [0, 0.05) is 31.7 Å². The van der Waals surface area contributed by atoms with E-state index in [1.165, 1.54) is 38.8 Å². The predicted octanol–water partition coefficient (Wildman–Crippen LogP) is 0.504. The van der Waals surface area contributed by atoms with Crippen molar-refractivity contribution < 1.29 is 0 Å². The van der Waals surface area contributed by atoms with E-state index in [0.717, 1.165) is 25.2 Å². The number of hydrogen-bond acceptors (Lipinski definition) is 3. The van der Waals surface area contributed by atoms with Gasteiger partial charge in [0.2, 0.25) is 0 Å². The Hall–Kier alpha value is -0.120. The normalized spacial score (nSPS) is 28.9. The molecule has 3 heteroatoms. The van der Waals surface area contributed by atoms with Crippen LogP contribution in [0.5, 0.6) is 0 Å². The van der Waals surface area contributed by atoms with Gasteiger partial charge in [-0.25, -0.2) is 0 Å². The Morgan fingerprint density at radius 3 is 2.64 bits per heavy atom. The second-order valence-corrected chi connectivity index (χ2v) is 4.79. The summed E-state index contributed by atoms with van der Waals surface area (Å²) in [6, 6.07) is 1.66. The van der Waals surface area contributed by atoms with Crippen LogP contribution in [0, 0.1) is 0 Å². The van der Waals surface area contributed by atoms with Gasteiger partial charge in [0.05, 0.1) is 0 Å². The molecule has 14 heavy (non-hydrogen) atoms. The first-order valence-corrected chi connectivity index (χ1v) is 5.95. The highest BCUT2D eigenvalue weighted by Gasteiger charge is 2.31. The molecule has 1 saturated carbocycles. The minimum atomic E-state index is 0.794. The first kappa shape index (κ1) is 10.4. The maximum absolute atomic E-state index is 5.65. The van der Waals surface area contributed by atoms with Gasteiger partial charge in [-0.1, -0.05) is 0 Å². The fourth-order valence-corrected chi connectivity index (χ4v) is 2.51. The third kappa shape index (κ3) is 2.47. The van der Waals surface area contributed by atoms with E-state index < -0.39 is 0 Å². The summed E-state index contributed by atoms with van der Waals surface area (Å²) in [6.45, 7) is 4.44. The molecule has 1 aliphatic heterocycles. The van der Waals surface area contributed by atoms with Gasteiger partial charge in [-0.15, -0.1) is 0 Å². The van der Waals surface area contributed by atoms with Crippen LogP contribution in [0.2, 0.25) is 0 Å². The Labute approximate surface area is 87.2 Å². The molecule has 0 aromatic rings. The molecule has 1 unspecified atom stereocenters. The molecule has 1 aliphatic carbocycles. The second kappa shape index (κ2) is 4.60. The van der Waals surface area contributed by atoms with Gasteiger partial charge in [0.25, 0.3) is 0 Å². The zero-order valence-corrected chi connectivity index (χ0v) is 9.28. The number of likely N-dealkylation sites (tertiary alicyclic amines) is 1. The summed E-state index contributed by atoms with van der Waals surface area (Å²) >= 11 is 0. The maximum Gasteiger partial charge on any atom is 0.0220 e. The number of hydrogen-bond donors (Lipinski definition) is 1. The van der Waals surface area contributed by atoms with E-state index in [1.807, 2.05) is 0 Å². The van der Waals surface area contributed by atoms with Crippen LogP contribution < -0.4 is 5.73 Å². The molecule has 0 bridgehead atoms. The fraction of sp³-hybridized carbons (Fsp3) is 1.00. The van der Waals surface area contributed by atoms with Crippen molar-refractivity contribution in [1.82, 2.24) is 9.80 Å². The Kier molecular flexibility index (Phi) is 3.42. The van der Waals surface area contributed by atoms with Crippen LogP contribution in [-0.4, -0.2) is 55.1 Å². The minimum absolute atomic E-state index is 0.794. The summed E-state index contributed by atoms with van der Waals surface area (Å²) in [4.78, 5) is 5.11. The Bertz CT molecular complexity index is 179. The topological polar surface area (TPSA) is 32.5 Å². The highest BCUT2D eigenvalue weighted by atomic mass is 15.2. The molecule has 0 aromatic heterocycles. The molecule has 82 valence electrons. The second-order valence-electron chi connectivity index (χ2n) is 4.79. The van der Waals surface area contributed by atoms with E-state index in [1.54, 1.807) is 0 Å². The van der Waals surface area contributed by atoms with Gasteiger partial charge in [0.15, 0.2) is 0 Å². The molecule has 0 spiro atoms. The zero-order valence-electron chi connectivity index (χ0n) is 9.28. The standard InChI is InChI=1S/C11H23N3/c1-13-7-2-3-11(13)9-14(8-6-12)10-4-5-10/h10-11H,2-9,12H2,1H3. The molecular formula is C11H23N3. The summed E-state index contributed by atoms with van der Waals surface area (Å²) in [5, 5.41) is 0. The highest BCUT2D eigenvalue weighted by Crippen LogP contribution is 2.28. The van der Waals surface area contributed by atoms with Crippen molar-refractivity contribution >= 4 is 0 Å². The third-order valence-corrected chi connectivity index (χ3v) is 3.60. The van der Waals surface area contributed by atoms with E-state index in [4.69, 9.17) is 5.73 Å². The largest absolute Gasteiger partial charge is 0.329 e. The smallest absolute Gasteiger partial charge is 0.0220 e. The predicted molar refractivity (Wildman–Crippen MR) is 59.3 cm³/mol. The van der Waals surface area contributed by atoms with Gasteiger partial charge in [-0.3, -0.25) is 4.90 Å². The SMILES string of the molecule is CN1CCCC1CN(CCN)C1CC1. The molecule has 1 heterocycles. The molecular weight excluding hydrogens is 174 g/mol. The average Bonchev–Trinajstić information content (AvgIpc) is 2.93. The molecule has 2 aliphatic rings. The van der Waals surface area contributed by atoms with Crippen LogP contribution in [0.25, 0.3) is 0 Å². The lowest BCUT2D eigenvalue weighted by Gasteiger charge is -2.28. The van der Waals surface area contributed by atoms with E-state index in [-0.39, 0.29) is 0 Å². The van der Waals surface area contributed by atoms with Crippen molar-refractivity contribution in [2.24, 2.45) is 5.73 Å². The van der Waals surface area contributed by atoms with Crippen LogP contribution in [0.3, 0.4) is 0 Å². The van der Waals surface area contributed by atoms with Crippen LogP contribution in [0.15, 0.2) is 0 Å². The summed E-state index contributed by atoms with van der Waals surface area (Å²) in [5.41, 5.74) is 5.65. The van der Waals surface area contributed by atoms with Crippen LogP contribution in [0.1, 0.15) is 25.7 Å². The first-order chi connectivity index (χ1) is 6.81. The summed E-state index contributed by atoms with van der Waals surface area (Å²) in [5.74, 6) is 0. The van der Waals surface area contributed by atoms with Gasteiger partial charge in [0.1, 0.15) is 0 Å². The van der Waals surface area contributed by atoms with E-state index in [0.29, 0.717) is 0 Å². The number of nitrogens with zero attached hydrogens (tertiary/aromatic N) is 2. The lowest BCUT2D eigenvalue weighted by atomic mass is 10.2. The highest BCUT2D eigenvalue weighted by molar-refractivity contribution is 4.88. The maximum atomic E-state index is 5.65. The minimum Gasteiger partial charge on any atom is -0.329 e. The van der Waals surface area contributed by atoms with Crippen molar-refractivity contribution in [3.63, 3.8) is 0 Å². The van der Waals surface area contributed by atoms with Crippen molar-refractivity contribution in [2.75, 3.05) is 33.2 Å². The fourth-order valence-electron chi connectivity index (χ4n) is 2.51. The van der Waals surface area contributed by atoms with Gasteiger partial charge < -0.3 is 10.6 Å². The van der Waals surface area contributed by atoms with Crippen molar-refractivity contribution in [3.05, 3.63) is 0 Å². The number of nitrogens with two attached hydrogens (primary N) is 1. The van der Waals surface area contributed by atoms with Crippen LogP contribution in [-0.2, 0) is 0 Å². The van der Waals surface area contributed by atoms with Crippen molar-refractivity contribution in [1.29, 1.82) is 0 Å². The number of rotatable bonds is 5. The van der Waals surface area contributed by atoms with Crippen LogP contribution >= 0.6 is 0 Å². The lowest BCUT2D eigenvalue weighted by Crippen LogP contribution is -2.41. The van der Waals surface area contributed by atoms with Crippen molar-refractivity contribution in [3.8, 4) is 0 Å². The van der Waals surface area contributed by atoms with Crippen molar-refractivity contribution in [2.45, 2.75) is 37.8 Å². The Morgan fingerprint density at radius 1 is 1.36 bits per heavy atom. The van der Waals surface area contributed by atoms with E-state index >= 15 is 0 Å². The first-order valence-electron chi connectivity index (χ1n) is 5.95. The Balaban J connectivity index is 1.80. The number of likely N-dealkylation sites (N-methyl/N-ethyl adjacent to an activating group) is 1. The molecule has 2 N–H and O–H groups in total. The average molecular weight is 197 g/mol. The summed E-state index contributed by atoms with van der Waals surface area (Å²) < 4.78 is 0. The summed E-state index contributed by atoms with van der Waals surface area (Å²) in [7, 11) is 2.26. The van der Waals surface area contributed by atoms with Gasteiger partial charge in [-0.2, -0.15) is 0 Å². The van der Waals surface area contributed by atoms with Gasteiger partial charge in [-0.05, 0) is 39.3 Å². The Morgan fingerprint density at radius 2 is 2.14 bits per heavy atom. The monoisotopic (exact) mass is 197 g/mol.